The Morgan fingerprint density at radius 1 is 1.04 bits per heavy atom. The van der Waals surface area contributed by atoms with Crippen molar-refractivity contribution >= 4 is 22.9 Å². The number of thioether (sulfide) groups is 1. The second kappa shape index (κ2) is 6.74. The third-order valence-corrected chi connectivity index (χ3v) is 4.82. The lowest BCUT2D eigenvalue weighted by molar-refractivity contribution is -0.138. The van der Waals surface area contributed by atoms with Gasteiger partial charge >= 0.3 is 6.18 Å². The Labute approximate surface area is 155 Å². The monoisotopic (exact) mass is 402 g/mol. The molecule has 3 aromatic heterocycles. The van der Waals surface area contributed by atoms with Crippen LogP contribution in [0, 0.1) is 0 Å². The molecule has 4 nitrogen and oxygen atoms in total. The molecule has 0 atom stereocenters. The number of aryl methyl sites for hydroxylation is 1. The lowest BCUT2D eigenvalue weighted by atomic mass is 10.2. The smallest absolute Gasteiger partial charge is 0.310 e. The highest BCUT2D eigenvalue weighted by molar-refractivity contribution is 7.99. The average molecular weight is 402 g/mol. The van der Waals surface area contributed by atoms with Crippen LogP contribution in [0.1, 0.15) is 25.0 Å². The zero-order valence-corrected chi connectivity index (χ0v) is 15.4. The highest BCUT2D eigenvalue weighted by atomic mass is 32.2. The summed E-state index contributed by atoms with van der Waals surface area (Å²) in [6.45, 7) is 2.56. The summed E-state index contributed by atoms with van der Waals surface area (Å²) in [5.41, 5.74) is -0.330. The van der Waals surface area contributed by atoms with E-state index in [0.29, 0.717) is 16.3 Å². The van der Waals surface area contributed by atoms with Gasteiger partial charge in [0, 0.05) is 36.8 Å². The fraction of sp³-hybridized carbons (Fsp3) is 0.353. The number of hydrogen-bond acceptors (Lipinski definition) is 4. The third kappa shape index (κ3) is 3.76. The summed E-state index contributed by atoms with van der Waals surface area (Å²) in [7, 11) is 1.61. The van der Waals surface area contributed by atoms with Gasteiger partial charge in [0.25, 0.3) is 5.92 Å². The summed E-state index contributed by atoms with van der Waals surface area (Å²) >= 11 is 1.20. The zero-order valence-electron chi connectivity index (χ0n) is 14.6. The van der Waals surface area contributed by atoms with Crippen molar-refractivity contribution in [2.24, 2.45) is 7.05 Å². The van der Waals surface area contributed by atoms with E-state index in [4.69, 9.17) is 0 Å². The molecule has 0 bridgehead atoms. The first-order valence-corrected chi connectivity index (χ1v) is 8.92. The van der Waals surface area contributed by atoms with Gasteiger partial charge in [0.2, 0.25) is 0 Å². The van der Waals surface area contributed by atoms with E-state index < -0.39 is 17.7 Å². The minimum atomic E-state index is -4.51. The van der Waals surface area contributed by atoms with Crippen LogP contribution in [-0.4, -0.2) is 25.3 Å². The fourth-order valence-electron chi connectivity index (χ4n) is 2.56. The van der Waals surface area contributed by atoms with Crippen molar-refractivity contribution in [3.8, 4) is 11.5 Å². The Morgan fingerprint density at radius 2 is 1.70 bits per heavy atom. The first-order valence-electron chi connectivity index (χ1n) is 7.93. The summed E-state index contributed by atoms with van der Waals surface area (Å²) in [6, 6.07) is 2.25. The van der Waals surface area contributed by atoms with Gasteiger partial charge in [-0.25, -0.2) is 18.7 Å². The number of imidazole rings is 1. The molecule has 0 aliphatic rings. The molecule has 27 heavy (non-hydrogen) atoms. The largest absolute Gasteiger partial charge is 0.417 e. The van der Waals surface area contributed by atoms with E-state index in [2.05, 4.69) is 15.0 Å². The van der Waals surface area contributed by atoms with Crippen molar-refractivity contribution in [2.75, 3.05) is 5.75 Å². The van der Waals surface area contributed by atoms with Crippen LogP contribution in [0.15, 0.2) is 29.4 Å². The molecule has 144 valence electrons. The second-order valence-electron chi connectivity index (χ2n) is 5.95. The van der Waals surface area contributed by atoms with E-state index in [0.717, 1.165) is 25.4 Å². The third-order valence-electron chi connectivity index (χ3n) is 3.91. The van der Waals surface area contributed by atoms with E-state index >= 15 is 0 Å². The zero-order chi connectivity index (χ0) is 20.0. The van der Waals surface area contributed by atoms with Crippen molar-refractivity contribution in [1.82, 2.24) is 19.5 Å². The number of alkyl halides is 5. The predicted molar refractivity (Wildman–Crippen MR) is 92.7 cm³/mol. The molecule has 0 N–H and O–H groups in total. The van der Waals surface area contributed by atoms with E-state index in [1.165, 1.54) is 22.4 Å². The molecule has 0 aromatic carbocycles. The average Bonchev–Trinajstić information content (AvgIpc) is 2.90. The van der Waals surface area contributed by atoms with Crippen LogP contribution in [0.4, 0.5) is 22.0 Å². The summed E-state index contributed by atoms with van der Waals surface area (Å²) < 4.78 is 67.6. The first kappa shape index (κ1) is 19.5. The summed E-state index contributed by atoms with van der Waals surface area (Å²) in [4.78, 5) is 12.6. The molecule has 0 radical (unpaired) electrons. The maximum atomic E-state index is 13.5. The van der Waals surface area contributed by atoms with E-state index in [1.54, 1.807) is 14.0 Å². The lowest BCUT2D eigenvalue weighted by Gasteiger charge is -2.11. The summed E-state index contributed by atoms with van der Waals surface area (Å²) in [5.74, 6) is -2.28. The van der Waals surface area contributed by atoms with Gasteiger partial charge in [-0.3, -0.25) is 4.98 Å². The number of hydrogen-bond donors (Lipinski definition) is 0. The van der Waals surface area contributed by atoms with Crippen LogP contribution in [0.3, 0.4) is 0 Å². The molecule has 0 spiro atoms. The molecular formula is C17H15F5N4S. The van der Waals surface area contributed by atoms with E-state index in [9.17, 15) is 22.0 Å². The SMILES string of the molecule is CCSc1cc(C(F)(F)F)cnc1-c1nc2cc(C(C)(F)F)cnc2n1C. The maximum absolute atomic E-state index is 13.5. The highest BCUT2D eigenvalue weighted by Gasteiger charge is 2.32. The van der Waals surface area contributed by atoms with Gasteiger partial charge in [0.1, 0.15) is 11.2 Å². The standard InChI is InChI=1S/C17H15F5N4S/c1-4-27-12-6-10(17(20,21)22)8-23-13(12)15-25-11-5-9(16(2,18)19)7-24-14(11)26(15)3/h5-8H,4H2,1-3H3. The lowest BCUT2D eigenvalue weighted by Crippen LogP contribution is -2.07. The second-order valence-corrected chi connectivity index (χ2v) is 7.26. The number of aromatic nitrogens is 4. The first-order chi connectivity index (χ1) is 12.5. The Bertz CT molecular complexity index is 991. The number of halogens is 5. The van der Waals surface area contributed by atoms with Crippen LogP contribution in [-0.2, 0) is 19.1 Å². The Kier molecular flexibility index (Phi) is 4.87. The molecule has 3 rings (SSSR count). The summed E-state index contributed by atoms with van der Waals surface area (Å²) in [5, 5.41) is 0. The van der Waals surface area contributed by atoms with E-state index in [1.807, 2.05) is 0 Å². The summed E-state index contributed by atoms with van der Waals surface area (Å²) in [6.07, 6.45) is -2.70. The van der Waals surface area contributed by atoms with Crippen molar-refractivity contribution in [2.45, 2.75) is 30.8 Å². The number of pyridine rings is 2. The molecular weight excluding hydrogens is 387 g/mol. The molecule has 0 saturated carbocycles. The van der Waals surface area contributed by atoms with Crippen molar-refractivity contribution in [1.29, 1.82) is 0 Å². The normalized spacial score (nSPS) is 12.7. The minimum Gasteiger partial charge on any atom is -0.310 e. The molecule has 10 heteroatoms. The number of nitrogens with zero attached hydrogens (tertiary/aromatic N) is 4. The van der Waals surface area contributed by atoms with Gasteiger partial charge in [-0.05, 0) is 17.9 Å². The van der Waals surface area contributed by atoms with Gasteiger partial charge in [0.05, 0.1) is 5.56 Å². The molecule has 3 aromatic rings. The predicted octanol–water partition coefficient (Wildman–Crippen LogP) is 5.27. The topological polar surface area (TPSA) is 43.6 Å². The van der Waals surface area contributed by atoms with Gasteiger partial charge in [-0.15, -0.1) is 11.8 Å². The van der Waals surface area contributed by atoms with E-state index in [-0.39, 0.29) is 22.6 Å². The van der Waals surface area contributed by atoms with Crippen molar-refractivity contribution in [3.05, 3.63) is 35.7 Å². The van der Waals surface area contributed by atoms with Gasteiger partial charge < -0.3 is 4.57 Å². The Balaban J connectivity index is 2.18. The number of rotatable bonds is 4. The van der Waals surface area contributed by atoms with Crippen LogP contribution in [0.2, 0.25) is 0 Å². The van der Waals surface area contributed by atoms with Crippen molar-refractivity contribution < 1.29 is 22.0 Å². The quantitative estimate of drug-likeness (QED) is 0.440. The molecule has 0 saturated heterocycles. The Hall–Kier alpha value is -2.23. The molecule has 0 aliphatic carbocycles. The fourth-order valence-corrected chi connectivity index (χ4v) is 3.36. The minimum absolute atomic E-state index is 0.223. The van der Waals surface area contributed by atoms with Gasteiger partial charge in [-0.2, -0.15) is 13.2 Å². The molecule has 0 unspecified atom stereocenters. The van der Waals surface area contributed by atoms with Gasteiger partial charge in [-0.1, -0.05) is 6.92 Å². The maximum Gasteiger partial charge on any atom is 0.417 e. The molecule has 0 amide bonds. The molecule has 0 aliphatic heterocycles. The van der Waals surface area contributed by atoms with Crippen LogP contribution in [0.5, 0.6) is 0 Å². The number of fused-ring (bicyclic) bond motifs is 1. The van der Waals surface area contributed by atoms with Crippen LogP contribution >= 0.6 is 11.8 Å². The highest BCUT2D eigenvalue weighted by Crippen LogP contribution is 2.36. The van der Waals surface area contributed by atoms with Crippen molar-refractivity contribution in [3.63, 3.8) is 0 Å². The Morgan fingerprint density at radius 3 is 2.30 bits per heavy atom. The van der Waals surface area contributed by atoms with Crippen LogP contribution < -0.4 is 0 Å². The molecule has 3 heterocycles. The van der Waals surface area contributed by atoms with Gasteiger partial charge in [0.15, 0.2) is 11.5 Å². The molecule has 0 fully saturated rings. The van der Waals surface area contributed by atoms with Crippen LogP contribution in [0.25, 0.3) is 22.7 Å².